The van der Waals surface area contributed by atoms with Crippen LogP contribution in [0.4, 0.5) is 5.95 Å². The van der Waals surface area contributed by atoms with Crippen LogP contribution in [-0.4, -0.2) is 22.5 Å². The Morgan fingerprint density at radius 1 is 1.38 bits per heavy atom. The van der Waals surface area contributed by atoms with E-state index in [4.69, 9.17) is 16.3 Å². The van der Waals surface area contributed by atoms with E-state index in [1.165, 1.54) is 0 Å². The maximum Gasteiger partial charge on any atom is 0.269 e. The van der Waals surface area contributed by atoms with E-state index < -0.39 is 5.91 Å². The number of ether oxygens (including phenoxy) is 1. The molecule has 1 aromatic carbocycles. The number of benzene rings is 1. The summed E-state index contributed by atoms with van der Waals surface area (Å²) in [6.07, 6.45) is 0. The van der Waals surface area contributed by atoms with Crippen molar-refractivity contribution in [3.63, 3.8) is 0 Å². The third-order valence-electron chi connectivity index (χ3n) is 3.24. The molecule has 5 N–H and O–H groups in total. The Labute approximate surface area is 148 Å². The number of nitrogens with two attached hydrogens (primary N) is 2. The van der Waals surface area contributed by atoms with Gasteiger partial charge in [0.25, 0.3) is 5.91 Å². The van der Waals surface area contributed by atoms with Gasteiger partial charge in [-0.3, -0.25) is 10.2 Å². The summed E-state index contributed by atoms with van der Waals surface area (Å²) in [6.45, 7) is 6.44. The van der Waals surface area contributed by atoms with Crippen LogP contribution in [0.5, 0.6) is 5.75 Å². The molecule has 2 rings (SSSR count). The van der Waals surface area contributed by atoms with E-state index in [0.29, 0.717) is 29.5 Å². The summed E-state index contributed by atoms with van der Waals surface area (Å²) in [5.74, 6) is 6.02. The van der Waals surface area contributed by atoms with Crippen molar-refractivity contribution in [2.75, 3.05) is 12.3 Å². The van der Waals surface area contributed by atoms with Gasteiger partial charge in [0.15, 0.2) is 0 Å². The zero-order chi connectivity index (χ0) is 17.9. The smallest absolute Gasteiger partial charge is 0.269 e. The highest BCUT2D eigenvalue weighted by Gasteiger charge is 2.19. The second kappa shape index (κ2) is 7.59. The molecule has 1 aromatic heterocycles. The summed E-state index contributed by atoms with van der Waals surface area (Å²) < 4.78 is 6.49. The number of aryl methyl sites for hydroxylation is 1. The molecule has 1 amide bonds. The van der Waals surface area contributed by atoms with Crippen molar-refractivity contribution in [1.82, 2.24) is 15.4 Å². The fourth-order valence-corrected chi connectivity index (χ4v) is 2.66. The first-order valence-corrected chi connectivity index (χ1v) is 8.20. The summed E-state index contributed by atoms with van der Waals surface area (Å²) in [5.41, 5.74) is 9.71. The molecule has 0 aliphatic rings. The van der Waals surface area contributed by atoms with E-state index in [0.717, 1.165) is 10.2 Å². The number of nitrogen functional groups attached to an aromatic ring is 2. The Kier molecular flexibility index (Phi) is 5.74. The van der Waals surface area contributed by atoms with Crippen LogP contribution in [0.1, 0.15) is 29.9 Å². The van der Waals surface area contributed by atoms with Crippen molar-refractivity contribution < 1.29 is 9.53 Å². The Bertz CT molecular complexity index is 764. The molecule has 128 valence electrons. The fraction of sp³-hybridized carbons (Fsp3) is 0.312. The quantitative estimate of drug-likeness (QED) is 0.408. The van der Waals surface area contributed by atoms with Crippen LogP contribution in [0.25, 0.3) is 11.3 Å². The topological polar surface area (TPSA) is 116 Å². The number of carbonyl (C=O) groups excluding carboxylic acids is 1. The summed E-state index contributed by atoms with van der Waals surface area (Å²) in [6, 6.07) is 5.46. The average molecular weight is 394 g/mol. The standard InChI is InChI=1S/C16H20BrN5O2/c1-8(2)7-24-12-5-4-10(6-11(12)17)14-13(15(23)22-19)9(3)20-16(18)21-14/h4-6,8H,7,19H2,1-3H3,(H,22,23)(H2,18,20,21). The third-order valence-corrected chi connectivity index (χ3v) is 3.86. The van der Waals surface area contributed by atoms with Crippen LogP contribution in [-0.2, 0) is 0 Å². The van der Waals surface area contributed by atoms with E-state index in [1.807, 2.05) is 18.2 Å². The number of rotatable bonds is 5. The molecule has 0 aliphatic carbocycles. The van der Waals surface area contributed by atoms with Gasteiger partial charge in [0.1, 0.15) is 5.75 Å². The molecule has 0 unspecified atom stereocenters. The lowest BCUT2D eigenvalue weighted by molar-refractivity contribution is 0.0953. The van der Waals surface area contributed by atoms with Gasteiger partial charge in [-0.2, -0.15) is 0 Å². The Hall–Kier alpha value is -2.19. The number of anilines is 1. The van der Waals surface area contributed by atoms with Crippen molar-refractivity contribution in [3.05, 3.63) is 33.9 Å². The minimum absolute atomic E-state index is 0.0901. The van der Waals surface area contributed by atoms with Gasteiger partial charge in [0.2, 0.25) is 5.95 Å². The van der Waals surface area contributed by atoms with Crippen molar-refractivity contribution in [3.8, 4) is 17.0 Å². The fourth-order valence-electron chi connectivity index (χ4n) is 2.17. The number of halogens is 1. The van der Waals surface area contributed by atoms with E-state index in [2.05, 4.69) is 45.2 Å². The monoisotopic (exact) mass is 393 g/mol. The van der Waals surface area contributed by atoms with Crippen molar-refractivity contribution >= 4 is 27.8 Å². The normalized spacial score (nSPS) is 10.8. The summed E-state index contributed by atoms with van der Waals surface area (Å²) >= 11 is 3.49. The van der Waals surface area contributed by atoms with Gasteiger partial charge < -0.3 is 10.5 Å². The van der Waals surface area contributed by atoms with Crippen LogP contribution in [0.3, 0.4) is 0 Å². The lowest BCUT2D eigenvalue weighted by Crippen LogP contribution is -2.31. The second-order valence-electron chi connectivity index (χ2n) is 5.71. The van der Waals surface area contributed by atoms with Crippen LogP contribution < -0.4 is 21.7 Å². The van der Waals surface area contributed by atoms with Crippen molar-refractivity contribution in [2.45, 2.75) is 20.8 Å². The van der Waals surface area contributed by atoms with Crippen molar-refractivity contribution in [2.24, 2.45) is 11.8 Å². The highest BCUT2D eigenvalue weighted by atomic mass is 79.9. The predicted octanol–water partition coefficient (Wildman–Crippen LogP) is 2.44. The number of hydrogen-bond acceptors (Lipinski definition) is 6. The van der Waals surface area contributed by atoms with Gasteiger partial charge in [-0.25, -0.2) is 15.8 Å². The van der Waals surface area contributed by atoms with Gasteiger partial charge in [-0.05, 0) is 47.0 Å². The molecular formula is C16H20BrN5O2. The van der Waals surface area contributed by atoms with Crippen LogP contribution in [0, 0.1) is 12.8 Å². The lowest BCUT2D eigenvalue weighted by atomic mass is 10.0. The molecule has 2 aromatic rings. The van der Waals surface area contributed by atoms with Crippen LogP contribution in [0.15, 0.2) is 22.7 Å². The molecule has 0 fully saturated rings. The minimum Gasteiger partial charge on any atom is -0.492 e. The maximum absolute atomic E-state index is 12.1. The number of hydrogen-bond donors (Lipinski definition) is 3. The SMILES string of the molecule is Cc1nc(N)nc(-c2ccc(OCC(C)C)c(Br)c2)c1C(=O)NN. The zero-order valence-corrected chi connectivity index (χ0v) is 15.3. The summed E-state index contributed by atoms with van der Waals surface area (Å²) in [4.78, 5) is 20.3. The number of carbonyl (C=O) groups is 1. The van der Waals surface area contributed by atoms with Gasteiger partial charge in [-0.1, -0.05) is 13.8 Å². The molecule has 8 heteroatoms. The molecule has 7 nitrogen and oxygen atoms in total. The lowest BCUT2D eigenvalue weighted by Gasteiger charge is -2.14. The first kappa shape index (κ1) is 18.2. The summed E-state index contributed by atoms with van der Waals surface area (Å²) in [7, 11) is 0. The largest absolute Gasteiger partial charge is 0.492 e. The van der Waals surface area contributed by atoms with E-state index >= 15 is 0 Å². The van der Waals surface area contributed by atoms with Crippen molar-refractivity contribution in [1.29, 1.82) is 0 Å². The Morgan fingerprint density at radius 2 is 2.08 bits per heavy atom. The molecule has 0 atom stereocenters. The highest BCUT2D eigenvalue weighted by Crippen LogP contribution is 2.32. The maximum atomic E-state index is 12.1. The number of aromatic nitrogens is 2. The number of nitrogens with zero attached hydrogens (tertiary/aromatic N) is 2. The van der Waals surface area contributed by atoms with E-state index in [1.54, 1.807) is 6.92 Å². The first-order valence-electron chi connectivity index (χ1n) is 7.41. The van der Waals surface area contributed by atoms with E-state index in [9.17, 15) is 4.79 Å². The minimum atomic E-state index is -0.473. The molecule has 0 spiro atoms. The zero-order valence-electron chi connectivity index (χ0n) is 13.8. The highest BCUT2D eigenvalue weighted by molar-refractivity contribution is 9.10. The van der Waals surface area contributed by atoms with Gasteiger partial charge >= 0.3 is 0 Å². The Balaban J connectivity index is 2.48. The van der Waals surface area contributed by atoms with Gasteiger partial charge in [0.05, 0.1) is 28.0 Å². The first-order chi connectivity index (χ1) is 11.3. The number of nitrogens with one attached hydrogen (secondary N) is 1. The van der Waals surface area contributed by atoms with Gasteiger partial charge in [0, 0.05) is 5.56 Å². The average Bonchev–Trinajstić information content (AvgIpc) is 2.52. The van der Waals surface area contributed by atoms with Crippen LogP contribution in [0.2, 0.25) is 0 Å². The van der Waals surface area contributed by atoms with E-state index in [-0.39, 0.29) is 11.5 Å². The number of amides is 1. The molecular weight excluding hydrogens is 374 g/mol. The molecule has 24 heavy (non-hydrogen) atoms. The molecule has 0 bridgehead atoms. The molecule has 0 radical (unpaired) electrons. The Morgan fingerprint density at radius 3 is 2.67 bits per heavy atom. The second-order valence-corrected chi connectivity index (χ2v) is 6.57. The molecule has 1 heterocycles. The number of hydrazine groups is 1. The summed E-state index contributed by atoms with van der Waals surface area (Å²) in [5, 5.41) is 0. The van der Waals surface area contributed by atoms with Crippen LogP contribution >= 0.6 is 15.9 Å². The molecule has 0 saturated carbocycles. The molecule has 0 saturated heterocycles. The predicted molar refractivity (Wildman–Crippen MR) is 96.3 cm³/mol. The van der Waals surface area contributed by atoms with Gasteiger partial charge in [-0.15, -0.1) is 0 Å². The third kappa shape index (κ3) is 4.01. The molecule has 0 aliphatic heterocycles.